The Hall–Kier alpha value is -2.11. The zero-order valence-electron chi connectivity index (χ0n) is 11.6. The van der Waals surface area contributed by atoms with Crippen LogP contribution in [0.3, 0.4) is 0 Å². The Balaban J connectivity index is 1.75. The number of benzene rings is 1. The first-order valence-electron chi connectivity index (χ1n) is 7.22. The fraction of sp³-hybridized carbons (Fsp3) is 0.467. The van der Waals surface area contributed by atoms with Gasteiger partial charge >= 0.3 is 0 Å². The third-order valence-electron chi connectivity index (χ3n) is 3.99. The van der Waals surface area contributed by atoms with Gasteiger partial charge in [-0.2, -0.15) is 0 Å². The number of amides is 2. The van der Waals surface area contributed by atoms with Crippen LogP contribution in [0.4, 0.5) is 10.1 Å². The van der Waals surface area contributed by atoms with Crippen LogP contribution in [0, 0.1) is 5.82 Å². The second-order valence-electron chi connectivity index (χ2n) is 5.68. The predicted octanol–water partition coefficient (Wildman–Crippen LogP) is 1.29. The van der Waals surface area contributed by atoms with E-state index in [0.717, 1.165) is 25.3 Å². The largest absolute Gasteiger partial charge is 0.396 e. The quantitative estimate of drug-likeness (QED) is 0.824. The molecule has 0 radical (unpaired) electrons. The van der Waals surface area contributed by atoms with Gasteiger partial charge in [0.2, 0.25) is 5.91 Å². The van der Waals surface area contributed by atoms with Crippen LogP contribution in [0.2, 0.25) is 0 Å². The van der Waals surface area contributed by atoms with Crippen LogP contribution in [0.5, 0.6) is 0 Å². The third-order valence-corrected chi connectivity index (χ3v) is 3.99. The summed E-state index contributed by atoms with van der Waals surface area (Å²) in [7, 11) is 0. The summed E-state index contributed by atoms with van der Waals surface area (Å²) in [5.41, 5.74) is 5.66. The van der Waals surface area contributed by atoms with Crippen molar-refractivity contribution in [2.45, 2.75) is 37.8 Å². The lowest BCUT2D eigenvalue weighted by Gasteiger charge is -2.24. The van der Waals surface area contributed by atoms with Crippen molar-refractivity contribution in [3.8, 4) is 0 Å². The molecule has 0 bridgehead atoms. The van der Waals surface area contributed by atoms with E-state index in [1.54, 1.807) is 0 Å². The molecule has 1 aromatic carbocycles. The number of nitrogen functional groups attached to an aromatic ring is 1. The highest BCUT2D eigenvalue weighted by Gasteiger charge is 2.36. The normalized spacial score (nSPS) is 21.4. The maximum atomic E-state index is 13.5. The van der Waals surface area contributed by atoms with E-state index in [-0.39, 0.29) is 29.1 Å². The molecule has 1 heterocycles. The molecular weight excluding hydrogens is 273 g/mol. The van der Waals surface area contributed by atoms with E-state index in [2.05, 4.69) is 5.32 Å². The first-order chi connectivity index (χ1) is 10.1. The Kier molecular flexibility index (Phi) is 3.53. The molecule has 112 valence electrons. The van der Waals surface area contributed by atoms with Crippen molar-refractivity contribution in [1.29, 1.82) is 0 Å². The van der Waals surface area contributed by atoms with Crippen LogP contribution in [0.15, 0.2) is 18.2 Å². The van der Waals surface area contributed by atoms with Gasteiger partial charge in [-0.25, -0.2) is 4.39 Å². The van der Waals surface area contributed by atoms with Gasteiger partial charge < -0.3 is 16.0 Å². The van der Waals surface area contributed by atoms with Gasteiger partial charge in [-0.15, -0.1) is 0 Å². The van der Waals surface area contributed by atoms with Gasteiger partial charge in [0, 0.05) is 18.2 Å². The number of carbonyl (C=O) groups excluding carboxylic acids is 2. The number of hydrogen-bond acceptors (Lipinski definition) is 3. The molecular formula is C15H18FN3O2. The highest BCUT2D eigenvalue weighted by molar-refractivity contribution is 5.98. The van der Waals surface area contributed by atoms with Crippen molar-refractivity contribution >= 4 is 17.5 Å². The van der Waals surface area contributed by atoms with Crippen LogP contribution < -0.4 is 11.1 Å². The van der Waals surface area contributed by atoms with Gasteiger partial charge in [0.25, 0.3) is 5.91 Å². The average Bonchev–Trinajstić information content (AvgIpc) is 3.14. The highest BCUT2D eigenvalue weighted by atomic mass is 19.1. The lowest BCUT2D eigenvalue weighted by atomic mass is 10.1. The van der Waals surface area contributed by atoms with Crippen LogP contribution in [0.25, 0.3) is 0 Å². The number of nitrogens with zero attached hydrogens (tertiary/aromatic N) is 1. The number of nitrogens with one attached hydrogen (secondary N) is 1. The van der Waals surface area contributed by atoms with Crippen molar-refractivity contribution < 1.29 is 14.0 Å². The molecule has 1 aromatic rings. The summed E-state index contributed by atoms with van der Waals surface area (Å²) >= 11 is 0. The van der Waals surface area contributed by atoms with E-state index in [4.69, 9.17) is 5.73 Å². The minimum atomic E-state index is -0.612. The number of anilines is 1. The molecule has 0 spiro atoms. The Morgan fingerprint density at radius 1 is 1.29 bits per heavy atom. The Morgan fingerprint density at radius 3 is 2.71 bits per heavy atom. The van der Waals surface area contributed by atoms with Crippen LogP contribution in [-0.2, 0) is 4.79 Å². The van der Waals surface area contributed by atoms with E-state index in [1.165, 1.54) is 17.0 Å². The molecule has 6 heteroatoms. The number of halogens is 1. The number of nitrogens with two attached hydrogens (primary N) is 1. The van der Waals surface area contributed by atoms with E-state index >= 15 is 0 Å². The molecule has 1 unspecified atom stereocenters. The number of likely N-dealkylation sites (tertiary alicyclic amines) is 1. The summed E-state index contributed by atoms with van der Waals surface area (Å²) in [5.74, 6) is -1.03. The van der Waals surface area contributed by atoms with Crippen molar-refractivity contribution in [1.82, 2.24) is 10.2 Å². The van der Waals surface area contributed by atoms with Crippen molar-refractivity contribution in [3.63, 3.8) is 0 Å². The molecule has 1 saturated heterocycles. The fourth-order valence-corrected chi connectivity index (χ4v) is 2.63. The first-order valence-corrected chi connectivity index (χ1v) is 7.22. The van der Waals surface area contributed by atoms with Crippen molar-refractivity contribution in [3.05, 3.63) is 29.6 Å². The zero-order valence-corrected chi connectivity index (χ0v) is 11.6. The third kappa shape index (κ3) is 2.84. The number of hydrogen-bond donors (Lipinski definition) is 2. The topological polar surface area (TPSA) is 75.4 Å². The van der Waals surface area contributed by atoms with Gasteiger partial charge in [0.05, 0.1) is 5.69 Å². The minimum absolute atomic E-state index is 0.0102. The monoisotopic (exact) mass is 291 g/mol. The maximum Gasteiger partial charge on any atom is 0.254 e. The van der Waals surface area contributed by atoms with Gasteiger partial charge in [0.15, 0.2) is 0 Å². The second kappa shape index (κ2) is 5.35. The Morgan fingerprint density at radius 2 is 2.05 bits per heavy atom. The lowest BCUT2D eigenvalue weighted by Crippen LogP contribution is -2.46. The number of carbonyl (C=O) groups is 2. The lowest BCUT2D eigenvalue weighted by molar-refractivity contribution is -0.125. The van der Waals surface area contributed by atoms with Gasteiger partial charge in [-0.05, 0) is 43.9 Å². The number of rotatable bonds is 3. The molecule has 1 aliphatic heterocycles. The van der Waals surface area contributed by atoms with E-state index in [0.29, 0.717) is 13.0 Å². The van der Waals surface area contributed by atoms with Gasteiger partial charge in [-0.3, -0.25) is 9.59 Å². The van der Waals surface area contributed by atoms with Crippen LogP contribution in [0.1, 0.15) is 36.0 Å². The molecule has 1 aliphatic carbocycles. The SMILES string of the molecule is Nc1ccc(C(=O)N2CCCC2C(=O)NC2CC2)cc1F. The molecule has 2 amide bonds. The van der Waals surface area contributed by atoms with E-state index < -0.39 is 11.9 Å². The molecule has 3 N–H and O–H groups in total. The summed E-state index contributed by atoms with van der Waals surface area (Å²) in [6.45, 7) is 0.521. The zero-order chi connectivity index (χ0) is 15.0. The van der Waals surface area contributed by atoms with Crippen molar-refractivity contribution in [2.75, 3.05) is 12.3 Å². The standard InChI is InChI=1S/C15H18FN3O2/c16-11-8-9(3-6-12(11)17)15(21)19-7-1-2-13(19)14(20)18-10-4-5-10/h3,6,8,10,13H,1-2,4-5,7,17H2,(H,18,20). The molecule has 21 heavy (non-hydrogen) atoms. The summed E-state index contributed by atoms with van der Waals surface area (Å²) < 4.78 is 13.5. The van der Waals surface area contributed by atoms with E-state index in [9.17, 15) is 14.0 Å². The predicted molar refractivity (Wildman–Crippen MR) is 76.0 cm³/mol. The molecule has 1 atom stereocenters. The second-order valence-corrected chi connectivity index (χ2v) is 5.68. The smallest absolute Gasteiger partial charge is 0.254 e. The summed E-state index contributed by atoms with van der Waals surface area (Å²) in [6.07, 6.45) is 3.46. The highest BCUT2D eigenvalue weighted by Crippen LogP contribution is 2.24. The summed E-state index contributed by atoms with van der Waals surface area (Å²) in [5, 5.41) is 2.93. The molecule has 2 aliphatic rings. The summed E-state index contributed by atoms with van der Waals surface area (Å²) in [6, 6.07) is 3.82. The molecule has 0 aromatic heterocycles. The molecule has 1 saturated carbocycles. The van der Waals surface area contributed by atoms with E-state index in [1.807, 2.05) is 0 Å². The molecule has 3 rings (SSSR count). The average molecular weight is 291 g/mol. The Bertz CT molecular complexity index is 586. The minimum Gasteiger partial charge on any atom is -0.396 e. The molecule has 5 nitrogen and oxygen atoms in total. The van der Waals surface area contributed by atoms with Gasteiger partial charge in [0.1, 0.15) is 11.9 Å². The first kappa shape index (κ1) is 13.9. The summed E-state index contributed by atoms with van der Waals surface area (Å²) in [4.78, 5) is 26.2. The molecule has 2 fully saturated rings. The fourth-order valence-electron chi connectivity index (χ4n) is 2.63. The Labute approximate surface area is 122 Å². The van der Waals surface area contributed by atoms with Crippen LogP contribution >= 0.6 is 0 Å². The van der Waals surface area contributed by atoms with Crippen molar-refractivity contribution in [2.24, 2.45) is 0 Å². The van der Waals surface area contributed by atoms with Crippen LogP contribution in [-0.4, -0.2) is 35.3 Å². The maximum absolute atomic E-state index is 13.5. The van der Waals surface area contributed by atoms with Gasteiger partial charge in [-0.1, -0.05) is 0 Å².